The molecule has 20 heavy (non-hydrogen) atoms. The average Bonchev–Trinajstić information content (AvgIpc) is 2.46. The summed E-state index contributed by atoms with van der Waals surface area (Å²) in [6, 6.07) is 8.69. The zero-order chi connectivity index (χ0) is 14.3. The highest BCUT2D eigenvalue weighted by Crippen LogP contribution is 2.46. The molecule has 0 heterocycles. The van der Waals surface area contributed by atoms with Gasteiger partial charge in [0.1, 0.15) is 0 Å². The first kappa shape index (κ1) is 16.2. The molecule has 1 aromatic carbocycles. The molecule has 1 aromatic rings. The maximum absolute atomic E-state index is 6.19. The third-order valence-electron chi connectivity index (χ3n) is 3.76. The van der Waals surface area contributed by atoms with Crippen LogP contribution in [0.2, 0.25) is 0 Å². The van der Waals surface area contributed by atoms with Crippen LogP contribution in [0.5, 0.6) is 0 Å². The van der Waals surface area contributed by atoms with Gasteiger partial charge in [-0.1, -0.05) is 24.3 Å². The average molecular weight is 312 g/mol. The zero-order valence-corrected chi connectivity index (χ0v) is 14.0. The molecule has 1 unspecified atom stereocenters. The Balaban J connectivity index is 1.84. The Hall–Kier alpha value is -0.160. The van der Waals surface area contributed by atoms with E-state index in [1.165, 1.54) is 11.1 Å². The molecule has 1 atom stereocenters. The standard InChI is InChI=1S/C16H24O2S2/c1-19-12-17-10-6-5-9-16(18-13-20-2)11-14-7-3-4-8-15(14)16/h3-4,7-8H,5-6,9-13H2,1-2H3. The maximum Gasteiger partial charge on any atom is 0.0985 e. The fourth-order valence-electron chi connectivity index (χ4n) is 2.77. The highest BCUT2D eigenvalue weighted by atomic mass is 32.2. The topological polar surface area (TPSA) is 18.5 Å². The summed E-state index contributed by atoms with van der Waals surface area (Å²) < 4.78 is 11.7. The number of hydrogen-bond donors (Lipinski definition) is 0. The lowest BCUT2D eigenvalue weighted by Crippen LogP contribution is -2.41. The number of hydrogen-bond acceptors (Lipinski definition) is 4. The zero-order valence-electron chi connectivity index (χ0n) is 12.4. The van der Waals surface area contributed by atoms with Crippen LogP contribution in [0, 0.1) is 0 Å². The van der Waals surface area contributed by atoms with Crippen molar-refractivity contribution in [2.24, 2.45) is 0 Å². The van der Waals surface area contributed by atoms with Crippen molar-refractivity contribution in [3.8, 4) is 0 Å². The van der Waals surface area contributed by atoms with E-state index in [2.05, 4.69) is 36.8 Å². The minimum Gasteiger partial charge on any atom is -0.371 e. The molecule has 0 radical (unpaired) electrons. The van der Waals surface area contributed by atoms with Crippen LogP contribution in [0.3, 0.4) is 0 Å². The molecule has 0 saturated heterocycles. The molecule has 0 spiro atoms. The van der Waals surface area contributed by atoms with Gasteiger partial charge in [0, 0.05) is 13.0 Å². The van der Waals surface area contributed by atoms with Crippen molar-refractivity contribution in [2.45, 2.75) is 31.3 Å². The molecule has 0 saturated carbocycles. The number of fused-ring (bicyclic) bond motifs is 1. The highest BCUT2D eigenvalue weighted by molar-refractivity contribution is 7.98. The van der Waals surface area contributed by atoms with Crippen molar-refractivity contribution in [1.29, 1.82) is 0 Å². The molecule has 2 nitrogen and oxygen atoms in total. The number of rotatable bonds is 10. The first-order valence-electron chi connectivity index (χ1n) is 7.10. The summed E-state index contributed by atoms with van der Waals surface area (Å²) >= 11 is 3.49. The normalized spacial score (nSPS) is 20.5. The first-order chi connectivity index (χ1) is 9.82. The predicted octanol–water partition coefficient (Wildman–Crippen LogP) is 4.28. The minimum absolute atomic E-state index is 0.0287. The third-order valence-corrected chi connectivity index (χ3v) is 4.51. The Morgan fingerprint density at radius 3 is 2.65 bits per heavy atom. The maximum atomic E-state index is 6.19. The monoisotopic (exact) mass is 312 g/mol. The van der Waals surface area contributed by atoms with Crippen LogP contribution in [0.1, 0.15) is 30.4 Å². The van der Waals surface area contributed by atoms with Gasteiger partial charge in [-0.2, -0.15) is 0 Å². The number of unbranched alkanes of at least 4 members (excludes halogenated alkanes) is 1. The smallest absolute Gasteiger partial charge is 0.0985 e. The third kappa shape index (κ3) is 3.94. The molecule has 0 amide bonds. The fraction of sp³-hybridized carbons (Fsp3) is 0.625. The van der Waals surface area contributed by atoms with E-state index in [-0.39, 0.29) is 5.60 Å². The summed E-state index contributed by atoms with van der Waals surface area (Å²) in [5.74, 6) is 1.58. The molecular weight excluding hydrogens is 288 g/mol. The van der Waals surface area contributed by atoms with Crippen molar-refractivity contribution in [2.75, 3.05) is 31.0 Å². The molecule has 1 aliphatic rings. The number of ether oxygens (including phenoxy) is 2. The molecule has 2 rings (SSSR count). The van der Waals surface area contributed by atoms with Crippen LogP contribution in [0.15, 0.2) is 24.3 Å². The van der Waals surface area contributed by atoms with Gasteiger partial charge in [0.15, 0.2) is 0 Å². The van der Waals surface area contributed by atoms with Gasteiger partial charge >= 0.3 is 0 Å². The van der Waals surface area contributed by atoms with Crippen molar-refractivity contribution < 1.29 is 9.47 Å². The van der Waals surface area contributed by atoms with Crippen LogP contribution in [-0.2, 0) is 21.5 Å². The second-order valence-corrected chi connectivity index (χ2v) is 6.78. The number of benzene rings is 1. The van der Waals surface area contributed by atoms with Gasteiger partial charge in [-0.15, -0.1) is 23.5 Å². The van der Waals surface area contributed by atoms with Gasteiger partial charge in [0.2, 0.25) is 0 Å². The van der Waals surface area contributed by atoms with Crippen LogP contribution >= 0.6 is 23.5 Å². The Bertz CT molecular complexity index is 411. The Morgan fingerprint density at radius 2 is 1.90 bits per heavy atom. The summed E-state index contributed by atoms with van der Waals surface area (Å²) in [5, 5.41) is 0. The van der Waals surface area contributed by atoms with E-state index in [0.29, 0.717) is 0 Å². The fourth-order valence-corrected chi connectivity index (χ4v) is 3.40. The largest absolute Gasteiger partial charge is 0.371 e. The van der Waals surface area contributed by atoms with E-state index in [1.807, 2.05) is 0 Å². The lowest BCUT2D eigenvalue weighted by atomic mass is 9.70. The summed E-state index contributed by atoms with van der Waals surface area (Å²) in [5.41, 5.74) is 2.82. The van der Waals surface area contributed by atoms with E-state index < -0.39 is 0 Å². The van der Waals surface area contributed by atoms with Gasteiger partial charge in [-0.3, -0.25) is 0 Å². The summed E-state index contributed by atoms with van der Waals surface area (Å²) in [6.45, 7) is 0.862. The molecule has 4 heteroatoms. The Morgan fingerprint density at radius 1 is 1.10 bits per heavy atom. The van der Waals surface area contributed by atoms with E-state index in [0.717, 1.165) is 44.2 Å². The molecule has 0 aliphatic heterocycles. The van der Waals surface area contributed by atoms with Gasteiger partial charge in [0.05, 0.1) is 17.5 Å². The quantitative estimate of drug-likeness (QED) is 0.474. The van der Waals surface area contributed by atoms with E-state index in [9.17, 15) is 0 Å². The SMILES string of the molecule is CSCOCCCCC1(OCSC)Cc2ccccc21. The Kier molecular flexibility index (Phi) is 6.75. The van der Waals surface area contributed by atoms with Gasteiger partial charge in [-0.25, -0.2) is 0 Å². The van der Waals surface area contributed by atoms with E-state index >= 15 is 0 Å². The lowest BCUT2D eigenvalue weighted by Gasteiger charge is -2.44. The van der Waals surface area contributed by atoms with Crippen LogP contribution in [0.25, 0.3) is 0 Å². The molecule has 0 fully saturated rings. The molecular formula is C16H24O2S2. The molecule has 0 N–H and O–H groups in total. The predicted molar refractivity (Wildman–Crippen MR) is 89.5 cm³/mol. The molecule has 1 aliphatic carbocycles. The van der Waals surface area contributed by atoms with E-state index in [4.69, 9.17) is 9.47 Å². The van der Waals surface area contributed by atoms with Crippen LogP contribution < -0.4 is 0 Å². The van der Waals surface area contributed by atoms with Crippen molar-refractivity contribution in [3.63, 3.8) is 0 Å². The minimum atomic E-state index is -0.0287. The second kappa shape index (κ2) is 8.32. The number of thioether (sulfide) groups is 2. The van der Waals surface area contributed by atoms with Gasteiger partial charge < -0.3 is 9.47 Å². The van der Waals surface area contributed by atoms with Crippen molar-refractivity contribution in [1.82, 2.24) is 0 Å². The first-order valence-corrected chi connectivity index (χ1v) is 9.89. The molecule has 0 aromatic heterocycles. The van der Waals surface area contributed by atoms with E-state index in [1.54, 1.807) is 23.5 Å². The van der Waals surface area contributed by atoms with Crippen LogP contribution in [-0.4, -0.2) is 31.0 Å². The summed E-state index contributed by atoms with van der Waals surface area (Å²) in [6.07, 6.45) is 8.61. The Labute approximate surface area is 131 Å². The van der Waals surface area contributed by atoms with Gasteiger partial charge in [0.25, 0.3) is 0 Å². The van der Waals surface area contributed by atoms with Crippen LogP contribution in [0.4, 0.5) is 0 Å². The molecule has 112 valence electrons. The highest BCUT2D eigenvalue weighted by Gasteiger charge is 2.42. The lowest BCUT2D eigenvalue weighted by molar-refractivity contribution is -0.0532. The van der Waals surface area contributed by atoms with Crippen molar-refractivity contribution >= 4 is 23.5 Å². The summed E-state index contributed by atoms with van der Waals surface area (Å²) in [4.78, 5) is 0. The molecule has 0 bridgehead atoms. The van der Waals surface area contributed by atoms with Crippen molar-refractivity contribution in [3.05, 3.63) is 35.4 Å². The summed E-state index contributed by atoms with van der Waals surface area (Å²) in [7, 11) is 0. The second-order valence-electron chi connectivity index (χ2n) is 5.15. The van der Waals surface area contributed by atoms with Gasteiger partial charge in [-0.05, 0) is 42.9 Å².